The van der Waals surface area contributed by atoms with Crippen LogP contribution in [0.5, 0.6) is 0 Å². The number of alkyl halides is 2. The molecule has 0 spiro atoms. The van der Waals surface area contributed by atoms with Gasteiger partial charge in [0.05, 0.1) is 48.7 Å². The van der Waals surface area contributed by atoms with Crippen LogP contribution in [-0.4, -0.2) is 94.0 Å². The highest BCUT2D eigenvalue weighted by molar-refractivity contribution is 6.04. The molecule has 3 aromatic carbocycles. The van der Waals surface area contributed by atoms with Crippen LogP contribution in [0.25, 0.3) is 32.8 Å². The second-order valence-corrected chi connectivity index (χ2v) is 19.0. The lowest BCUT2D eigenvalue weighted by molar-refractivity contribution is -0.146. The summed E-state index contributed by atoms with van der Waals surface area (Å²) in [6.45, 7) is 5.28. The smallest absolute Gasteiger partial charge is 0.407 e. The lowest BCUT2D eigenvalue weighted by Gasteiger charge is -2.37. The summed E-state index contributed by atoms with van der Waals surface area (Å²) in [6.07, 6.45) is 3.51. The lowest BCUT2D eigenvalue weighted by Crippen LogP contribution is -2.54. The largest absolute Gasteiger partial charge is 0.469 e. The summed E-state index contributed by atoms with van der Waals surface area (Å²) in [4.78, 5) is 72.4. The Labute approximate surface area is 382 Å². The molecule has 0 radical (unpaired) electrons. The number of halogens is 2. The number of benzene rings is 3. The number of amides is 2. The van der Waals surface area contributed by atoms with E-state index >= 15 is 0 Å². The SMILES string of the molecule is COC(=O)C[C@H](C(=O)C1[C@@H](C)CC[C@H]1c1nc2ccc3cc(C#Cc4ccc5nc([C@@H]6CC[C@H](C)N6C(=O)[C@@H](NC(=O)OC)C6CCC(F)(F)CC6)[nH]c5c4)ccc3c2[nH]1)C1CCOCC1. The Kier molecular flexibility index (Phi) is 12.9. The van der Waals surface area contributed by atoms with E-state index in [1.807, 2.05) is 43.3 Å². The number of ether oxygens (including phenoxy) is 3. The summed E-state index contributed by atoms with van der Waals surface area (Å²) in [5, 5.41) is 4.68. The maximum atomic E-state index is 14.4. The van der Waals surface area contributed by atoms with Gasteiger partial charge in [-0.05, 0) is 118 Å². The van der Waals surface area contributed by atoms with Gasteiger partial charge < -0.3 is 34.4 Å². The molecule has 9 rings (SSSR count). The third-order valence-electron chi connectivity index (χ3n) is 15.0. The number of H-pyrrole nitrogens is 2. The molecule has 2 aliphatic heterocycles. The topological polar surface area (TPSA) is 169 Å². The van der Waals surface area contributed by atoms with E-state index in [9.17, 15) is 28.0 Å². The molecule has 66 heavy (non-hydrogen) atoms. The number of likely N-dealkylation sites (tertiary alicyclic amines) is 1. The van der Waals surface area contributed by atoms with Crippen LogP contribution in [0.2, 0.25) is 0 Å². The second-order valence-electron chi connectivity index (χ2n) is 19.0. The highest BCUT2D eigenvalue weighted by atomic mass is 19.3. The van der Waals surface area contributed by atoms with Gasteiger partial charge >= 0.3 is 12.1 Å². The first-order chi connectivity index (χ1) is 31.8. The van der Waals surface area contributed by atoms with Gasteiger partial charge in [-0.25, -0.2) is 23.5 Å². The normalized spacial score (nSPS) is 24.5. The molecule has 2 saturated heterocycles. The fourth-order valence-corrected chi connectivity index (χ4v) is 11.3. The maximum Gasteiger partial charge on any atom is 0.407 e. The Hall–Kier alpha value is -5.88. The van der Waals surface area contributed by atoms with Gasteiger partial charge in [0.2, 0.25) is 11.8 Å². The van der Waals surface area contributed by atoms with Gasteiger partial charge in [-0.3, -0.25) is 14.4 Å². The van der Waals surface area contributed by atoms with E-state index < -0.39 is 35.9 Å². The summed E-state index contributed by atoms with van der Waals surface area (Å²) in [7, 11) is 2.59. The van der Waals surface area contributed by atoms with E-state index in [1.165, 1.54) is 14.2 Å². The number of hydrogen-bond donors (Lipinski definition) is 3. The Morgan fingerprint density at radius 2 is 1.55 bits per heavy atom. The molecule has 4 fully saturated rings. The standard InChI is InChI=1S/C51H58F2N6O7/c1-28-5-12-36(43(28)46(61)37(27-42(60)64-3)32-19-23-66-24-20-32)47-55-39-15-11-34-25-30(9-13-35(34)45(39)57-47)7-8-31-10-14-38-40(26-31)56-48(54-38)41-16-6-29(2)59(41)49(62)44(58-50(63)65-4)33-17-21-51(52,53)22-18-33/h9-11,13-15,25-26,28-29,32-33,36-37,41,43-44H,5-6,12,16-24,27H2,1-4H3,(H,54,56)(H,55,57)(H,58,63)/t28-,29-,36+,37-,41-,43?,44-/m0/s1. The number of carbonyl (C=O) groups is 4. The van der Waals surface area contributed by atoms with Gasteiger partial charge in [-0.1, -0.05) is 30.9 Å². The fraction of sp³-hybridized carbons (Fsp3) is 0.529. The summed E-state index contributed by atoms with van der Waals surface area (Å²) < 4.78 is 43.7. The van der Waals surface area contributed by atoms with Crippen molar-refractivity contribution in [3.05, 3.63) is 71.3 Å². The molecule has 3 N–H and O–H groups in total. The monoisotopic (exact) mass is 904 g/mol. The van der Waals surface area contributed by atoms with Crippen molar-refractivity contribution in [2.24, 2.45) is 29.6 Å². The number of aromatic amines is 2. The zero-order chi connectivity index (χ0) is 46.3. The van der Waals surface area contributed by atoms with Crippen LogP contribution in [-0.2, 0) is 28.6 Å². The summed E-state index contributed by atoms with van der Waals surface area (Å²) >= 11 is 0. The molecule has 1 unspecified atom stereocenters. The van der Waals surface area contributed by atoms with Crippen LogP contribution in [0.1, 0.15) is 119 Å². The average Bonchev–Trinajstić information content (AvgIpc) is 4.13. The van der Waals surface area contributed by atoms with Crippen LogP contribution >= 0.6 is 0 Å². The van der Waals surface area contributed by atoms with Crippen molar-refractivity contribution in [3.8, 4) is 11.8 Å². The van der Waals surface area contributed by atoms with E-state index in [0.29, 0.717) is 25.5 Å². The number of Topliss-reactive ketones (excluding diaryl/α,β-unsaturated/α-hetero) is 1. The van der Waals surface area contributed by atoms with E-state index in [2.05, 4.69) is 46.2 Å². The molecule has 2 amide bonds. The Bertz CT molecular complexity index is 2710. The molecule has 15 heteroatoms. The number of nitrogens with zero attached hydrogens (tertiary/aromatic N) is 3. The van der Waals surface area contributed by atoms with Gasteiger partial charge in [0, 0.05) is 66.4 Å². The molecule has 348 valence electrons. The average molecular weight is 905 g/mol. The lowest BCUT2D eigenvalue weighted by atomic mass is 9.73. The minimum absolute atomic E-state index is 0.0824. The fourth-order valence-electron chi connectivity index (χ4n) is 11.3. The van der Waals surface area contributed by atoms with Crippen molar-refractivity contribution in [2.75, 3.05) is 27.4 Å². The highest BCUT2D eigenvalue weighted by Crippen LogP contribution is 2.47. The van der Waals surface area contributed by atoms with Crippen LogP contribution in [0, 0.1) is 41.4 Å². The molecule has 2 aromatic heterocycles. The number of carbonyl (C=O) groups excluding carboxylic acids is 4. The van der Waals surface area contributed by atoms with Crippen molar-refractivity contribution in [2.45, 2.75) is 114 Å². The molecular weight excluding hydrogens is 847 g/mol. The number of aromatic nitrogens is 4. The predicted octanol–water partition coefficient (Wildman–Crippen LogP) is 8.90. The van der Waals surface area contributed by atoms with Crippen molar-refractivity contribution in [1.82, 2.24) is 30.2 Å². The number of imidazole rings is 2. The quantitative estimate of drug-likeness (QED) is 0.0916. The summed E-state index contributed by atoms with van der Waals surface area (Å²) in [6, 6.07) is 14.3. The van der Waals surface area contributed by atoms with Crippen molar-refractivity contribution < 1.29 is 42.2 Å². The number of alkyl carbamates (subject to hydrolysis) is 1. The molecule has 13 nitrogen and oxygen atoms in total. The number of methoxy groups -OCH3 is 2. The van der Waals surface area contributed by atoms with Gasteiger partial charge in [-0.15, -0.1) is 0 Å². The molecule has 4 aliphatic rings. The van der Waals surface area contributed by atoms with E-state index in [1.54, 1.807) is 4.90 Å². The maximum absolute atomic E-state index is 14.4. The minimum atomic E-state index is -2.78. The molecule has 4 heterocycles. The molecule has 0 bridgehead atoms. The molecule has 5 aromatic rings. The first-order valence-electron chi connectivity index (χ1n) is 23.5. The first kappa shape index (κ1) is 45.3. The highest BCUT2D eigenvalue weighted by Gasteiger charge is 2.47. The zero-order valence-electron chi connectivity index (χ0n) is 38.0. The number of fused-ring (bicyclic) bond motifs is 4. The molecule has 2 aliphatic carbocycles. The first-order valence-corrected chi connectivity index (χ1v) is 23.5. The van der Waals surface area contributed by atoms with Crippen molar-refractivity contribution in [3.63, 3.8) is 0 Å². The van der Waals surface area contributed by atoms with Gasteiger partial charge in [0.1, 0.15) is 23.5 Å². The van der Waals surface area contributed by atoms with Crippen molar-refractivity contribution in [1.29, 1.82) is 0 Å². The number of hydrogen-bond acceptors (Lipinski definition) is 9. The Balaban J connectivity index is 0.924. The number of nitrogens with one attached hydrogen (secondary N) is 3. The van der Waals surface area contributed by atoms with Crippen LogP contribution < -0.4 is 5.32 Å². The van der Waals surface area contributed by atoms with Crippen LogP contribution in [0.3, 0.4) is 0 Å². The van der Waals surface area contributed by atoms with Gasteiger partial charge in [0.25, 0.3) is 0 Å². The number of rotatable bonds is 10. The molecule has 7 atom stereocenters. The third kappa shape index (κ3) is 9.13. The van der Waals surface area contributed by atoms with Crippen LogP contribution in [0.15, 0.2) is 48.5 Å². The van der Waals surface area contributed by atoms with Gasteiger partial charge in [-0.2, -0.15) is 0 Å². The predicted molar refractivity (Wildman–Crippen MR) is 243 cm³/mol. The summed E-state index contributed by atoms with van der Waals surface area (Å²) in [5.41, 5.74) is 4.84. The summed E-state index contributed by atoms with van der Waals surface area (Å²) in [5.74, 6) is 3.79. The third-order valence-corrected chi connectivity index (χ3v) is 15.0. The zero-order valence-corrected chi connectivity index (χ0v) is 38.0. The molecular formula is C51H58F2N6O7. The van der Waals surface area contributed by atoms with Crippen LogP contribution in [0.4, 0.5) is 13.6 Å². The van der Waals surface area contributed by atoms with E-state index in [4.69, 9.17) is 24.2 Å². The van der Waals surface area contributed by atoms with Crippen molar-refractivity contribution >= 4 is 56.6 Å². The number of ketones is 1. The Morgan fingerprint density at radius 1 is 0.833 bits per heavy atom. The minimum Gasteiger partial charge on any atom is -0.469 e. The van der Waals surface area contributed by atoms with E-state index in [0.717, 1.165) is 81.9 Å². The van der Waals surface area contributed by atoms with Gasteiger partial charge in [0.15, 0.2) is 0 Å². The molecule has 2 saturated carbocycles. The van der Waals surface area contributed by atoms with E-state index in [-0.39, 0.29) is 79.5 Å². The Morgan fingerprint density at radius 3 is 2.29 bits per heavy atom. The second kappa shape index (κ2) is 18.8. The number of esters is 1.